The highest BCUT2D eigenvalue weighted by Gasteiger charge is 2.33. The summed E-state index contributed by atoms with van der Waals surface area (Å²) in [7, 11) is 0. The molecule has 106 valence electrons. The van der Waals surface area contributed by atoms with Crippen molar-refractivity contribution in [2.45, 2.75) is 58.4 Å². The smallest absolute Gasteiger partial charge is 0.130 e. The standard InChI is InChI=1S/C15H24ClN3/c1-4-13-9-14(18-12(3)17-13)19-15(10-16)7-5-11(2)6-8-15/h9,11H,4-8,10H2,1-3H3,(H,17,18,19). The SMILES string of the molecule is CCc1cc(NC2(CCl)CCC(C)CC2)nc(C)n1. The monoisotopic (exact) mass is 281 g/mol. The number of alkyl halides is 1. The third-order valence-corrected chi connectivity index (χ3v) is 4.65. The zero-order valence-electron chi connectivity index (χ0n) is 12.2. The van der Waals surface area contributed by atoms with E-state index < -0.39 is 0 Å². The molecular weight excluding hydrogens is 258 g/mol. The predicted octanol–water partition coefficient (Wildman–Crippen LogP) is 3.95. The molecule has 1 aliphatic rings. The van der Waals surface area contributed by atoms with Gasteiger partial charge in [-0.1, -0.05) is 13.8 Å². The molecule has 3 nitrogen and oxygen atoms in total. The summed E-state index contributed by atoms with van der Waals surface area (Å²) in [5.41, 5.74) is 1.10. The lowest BCUT2D eigenvalue weighted by atomic mass is 9.78. The lowest BCUT2D eigenvalue weighted by Gasteiger charge is -2.39. The molecule has 1 aromatic heterocycles. The molecule has 1 N–H and O–H groups in total. The Morgan fingerprint density at radius 2 is 2.05 bits per heavy atom. The van der Waals surface area contributed by atoms with Gasteiger partial charge in [-0.05, 0) is 44.9 Å². The van der Waals surface area contributed by atoms with Gasteiger partial charge in [-0.2, -0.15) is 0 Å². The molecule has 0 spiro atoms. The van der Waals surface area contributed by atoms with Crippen LogP contribution in [0.25, 0.3) is 0 Å². The van der Waals surface area contributed by atoms with Crippen LogP contribution in [0.15, 0.2) is 6.07 Å². The van der Waals surface area contributed by atoms with Gasteiger partial charge in [0.15, 0.2) is 0 Å². The van der Waals surface area contributed by atoms with Crippen molar-refractivity contribution in [1.82, 2.24) is 9.97 Å². The first-order valence-corrected chi connectivity index (χ1v) is 7.79. The van der Waals surface area contributed by atoms with Crippen molar-refractivity contribution >= 4 is 17.4 Å². The summed E-state index contributed by atoms with van der Waals surface area (Å²) in [6.45, 7) is 6.38. The lowest BCUT2D eigenvalue weighted by molar-refractivity contribution is 0.286. The molecule has 1 aromatic rings. The third kappa shape index (κ3) is 3.59. The number of anilines is 1. The van der Waals surface area contributed by atoms with Crippen LogP contribution in [0.5, 0.6) is 0 Å². The molecule has 0 saturated heterocycles. The molecule has 19 heavy (non-hydrogen) atoms. The van der Waals surface area contributed by atoms with E-state index in [-0.39, 0.29) is 5.54 Å². The van der Waals surface area contributed by atoms with Crippen molar-refractivity contribution in [3.8, 4) is 0 Å². The summed E-state index contributed by atoms with van der Waals surface area (Å²) >= 11 is 6.24. The van der Waals surface area contributed by atoms with E-state index in [1.54, 1.807) is 0 Å². The zero-order valence-corrected chi connectivity index (χ0v) is 12.9. The van der Waals surface area contributed by atoms with Gasteiger partial charge in [0.25, 0.3) is 0 Å². The first-order chi connectivity index (χ1) is 9.07. The summed E-state index contributed by atoms with van der Waals surface area (Å²) in [6, 6.07) is 2.05. The molecule has 1 saturated carbocycles. The number of rotatable bonds is 4. The first kappa shape index (κ1) is 14.6. The molecule has 1 aliphatic carbocycles. The highest BCUT2D eigenvalue weighted by molar-refractivity contribution is 6.18. The second kappa shape index (κ2) is 6.08. The van der Waals surface area contributed by atoms with Crippen molar-refractivity contribution in [2.75, 3.05) is 11.2 Å². The van der Waals surface area contributed by atoms with E-state index in [2.05, 4.69) is 35.2 Å². The van der Waals surface area contributed by atoms with Crippen molar-refractivity contribution in [3.05, 3.63) is 17.6 Å². The Hall–Kier alpha value is -0.830. The molecule has 2 rings (SSSR count). The van der Waals surface area contributed by atoms with E-state index in [9.17, 15) is 0 Å². The van der Waals surface area contributed by atoms with Crippen molar-refractivity contribution in [1.29, 1.82) is 0 Å². The van der Waals surface area contributed by atoms with Gasteiger partial charge < -0.3 is 5.32 Å². The molecule has 0 aliphatic heterocycles. The van der Waals surface area contributed by atoms with Crippen LogP contribution in [0.2, 0.25) is 0 Å². The molecule has 4 heteroatoms. The molecule has 1 heterocycles. The number of aromatic nitrogens is 2. The highest BCUT2D eigenvalue weighted by Crippen LogP contribution is 2.35. The number of nitrogens with zero attached hydrogens (tertiary/aromatic N) is 2. The third-order valence-electron chi connectivity index (χ3n) is 4.13. The topological polar surface area (TPSA) is 37.8 Å². The van der Waals surface area contributed by atoms with Gasteiger partial charge in [0.2, 0.25) is 0 Å². The highest BCUT2D eigenvalue weighted by atomic mass is 35.5. The van der Waals surface area contributed by atoms with E-state index in [0.29, 0.717) is 5.88 Å². The zero-order chi connectivity index (χ0) is 13.9. The van der Waals surface area contributed by atoms with Crippen LogP contribution >= 0.6 is 11.6 Å². The van der Waals surface area contributed by atoms with Gasteiger partial charge in [0.1, 0.15) is 11.6 Å². The van der Waals surface area contributed by atoms with E-state index in [0.717, 1.165) is 42.5 Å². The lowest BCUT2D eigenvalue weighted by Crippen LogP contribution is -2.43. The molecule has 0 unspecified atom stereocenters. The maximum atomic E-state index is 6.24. The number of aryl methyl sites for hydroxylation is 2. The first-order valence-electron chi connectivity index (χ1n) is 7.25. The van der Waals surface area contributed by atoms with Crippen LogP contribution in [0.1, 0.15) is 51.0 Å². The van der Waals surface area contributed by atoms with Crippen molar-refractivity contribution < 1.29 is 0 Å². The average molecular weight is 282 g/mol. The second-order valence-electron chi connectivity index (χ2n) is 5.87. The maximum absolute atomic E-state index is 6.24. The summed E-state index contributed by atoms with van der Waals surface area (Å²) < 4.78 is 0. The summed E-state index contributed by atoms with van der Waals surface area (Å²) in [5, 5.41) is 3.60. The minimum Gasteiger partial charge on any atom is -0.363 e. The van der Waals surface area contributed by atoms with Gasteiger partial charge in [0.05, 0.1) is 5.54 Å². The molecular formula is C15H24ClN3. The Morgan fingerprint density at radius 1 is 1.37 bits per heavy atom. The Labute approximate surface area is 121 Å². The summed E-state index contributed by atoms with van der Waals surface area (Å²) in [5.74, 6) is 3.22. The number of halogens is 1. The minimum atomic E-state index is 0.0138. The van der Waals surface area contributed by atoms with E-state index in [1.165, 1.54) is 12.8 Å². The fourth-order valence-electron chi connectivity index (χ4n) is 2.75. The van der Waals surface area contributed by atoms with Crippen LogP contribution in [0, 0.1) is 12.8 Å². The molecule has 0 radical (unpaired) electrons. The Balaban J connectivity index is 2.16. The van der Waals surface area contributed by atoms with Crippen LogP contribution in [-0.4, -0.2) is 21.4 Å². The van der Waals surface area contributed by atoms with E-state index in [1.807, 2.05) is 6.92 Å². The predicted molar refractivity (Wildman–Crippen MR) is 80.9 cm³/mol. The Morgan fingerprint density at radius 3 is 2.63 bits per heavy atom. The average Bonchev–Trinajstić information content (AvgIpc) is 2.41. The largest absolute Gasteiger partial charge is 0.363 e. The van der Waals surface area contributed by atoms with E-state index >= 15 is 0 Å². The van der Waals surface area contributed by atoms with Crippen LogP contribution < -0.4 is 5.32 Å². The summed E-state index contributed by atoms with van der Waals surface area (Å²) in [4.78, 5) is 8.93. The van der Waals surface area contributed by atoms with Gasteiger partial charge >= 0.3 is 0 Å². The minimum absolute atomic E-state index is 0.0138. The Bertz CT molecular complexity index is 425. The maximum Gasteiger partial charge on any atom is 0.130 e. The van der Waals surface area contributed by atoms with Gasteiger partial charge in [-0.15, -0.1) is 11.6 Å². The van der Waals surface area contributed by atoms with Gasteiger partial charge in [0, 0.05) is 17.6 Å². The molecule has 0 amide bonds. The quantitative estimate of drug-likeness (QED) is 0.849. The number of hydrogen-bond donors (Lipinski definition) is 1. The molecule has 1 fully saturated rings. The number of nitrogens with one attached hydrogen (secondary N) is 1. The van der Waals surface area contributed by atoms with Crippen molar-refractivity contribution in [2.24, 2.45) is 5.92 Å². The summed E-state index contributed by atoms with van der Waals surface area (Å²) in [6.07, 6.45) is 5.67. The fraction of sp³-hybridized carbons (Fsp3) is 0.733. The van der Waals surface area contributed by atoms with Gasteiger partial charge in [-0.3, -0.25) is 0 Å². The second-order valence-corrected chi connectivity index (χ2v) is 6.13. The van der Waals surface area contributed by atoms with Crippen LogP contribution in [0.4, 0.5) is 5.82 Å². The molecule has 0 aromatic carbocycles. The molecule has 0 atom stereocenters. The Kier molecular flexibility index (Phi) is 4.67. The molecule has 0 bridgehead atoms. The van der Waals surface area contributed by atoms with Gasteiger partial charge in [-0.25, -0.2) is 9.97 Å². The van der Waals surface area contributed by atoms with Crippen LogP contribution in [0.3, 0.4) is 0 Å². The fourth-order valence-corrected chi connectivity index (χ4v) is 3.09. The van der Waals surface area contributed by atoms with Crippen LogP contribution in [-0.2, 0) is 6.42 Å². The normalized spacial score (nSPS) is 27.3. The van der Waals surface area contributed by atoms with E-state index in [4.69, 9.17) is 11.6 Å². The number of hydrogen-bond acceptors (Lipinski definition) is 3. The van der Waals surface area contributed by atoms with Crippen molar-refractivity contribution in [3.63, 3.8) is 0 Å².